The quantitative estimate of drug-likeness (QED) is 0.594. The summed E-state index contributed by atoms with van der Waals surface area (Å²) in [4.78, 5) is 22.7. The first kappa shape index (κ1) is 18.7. The SMILES string of the molecule is Cc1cc(N(C)C2CCCCC2)nc(SCc2cccc(C(=O)O)c2)n1. The molecule has 1 heterocycles. The maximum atomic E-state index is 11.1. The number of hydrogen-bond donors (Lipinski definition) is 1. The third-order valence-electron chi connectivity index (χ3n) is 4.85. The molecule has 138 valence electrons. The predicted molar refractivity (Wildman–Crippen MR) is 105 cm³/mol. The molecule has 5 nitrogen and oxygen atoms in total. The lowest BCUT2D eigenvalue weighted by Crippen LogP contribution is -2.34. The van der Waals surface area contributed by atoms with Crippen LogP contribution in [0.5, 0.6) is 0 Å². The number of thioether (sulfide) groups is 1. The largest absolute Gasteiger partial charge is 0.478 e. The molecule has 1 aliphatic carbocycles. The first-order chi connectivity index (χ1) is 12.5. The van der Waals surface area contributed by atoms with Crippen molar-refractivity contribution < 1.29 is 9.90 Å². The van der Waals surface area contributed by atoms with Gasteiger partial charge in [0.2, 0.25) is 0 Å². The summed E-state index contributed by atoms with van der Waals surface area (Å²) in [7, 11) is 2.13. The molecular formula is C20H25N3O2S. The summed E-state index contributed by atoms with van der Waals surface area (Å²) in [5, 5.41) is 9.85. The molecule has 0 unspecified atom stereocenters. The van der Waals surface area contributed by atoms with Crippen LogP contribution in [0, 0.1) is 6.92 Å². The van der Waals surface area contributed by atoms with Gasteiger partial charge in [-0.1, -0.05) is 43.2 Å². The Labute approximate surface area is 158 Å². The molecule has 0 aliphatic heterocycles. The fraction of sp³-hybridized carbons (Fsp3) is 0.450. The van der Waals surface area contributed by atoms with Crippen LogP contribution in [0.4, 0.5) is 5.82 Å². The van der Waals surface area contributed by atoms with Crippen molar-refractivity contribution in [2.24, 2.45) is 0 Å². The molecule has 1 fully saturated rings. The summed E-state index contributed by atoms with van der Waals surface area (Å²) in [6, 6.07) is 9.63. The van der Waals surface area contributed by atoms with Gasteiger partial charge >= 0.3 is 5.97 Å². The van der Waals surface area contributed by atoms with Crippen molar-refractivity contribution in [1.29, 1.82) is 0 Å². The van der Waals surface area contributed by atoms with E-state index in [-0.39, 0.29) is 0 Å². The average molecular weight is 372 g/mol. The van der Waals surface area contributed by atoms with Crippen molar-refractivity contribution in [3.05, 3.63) is 47.2 Å². The first-order valence-corrected chi connectivity index (χ1v) is 10.0. The highest BCUT2D eigenvalue weighted by Crippen LogP contribution is 2.27. The minimum absolute atomic E-state index is 0.311. The van der Waals surface area contributed by atoms with Crippen molar-refractivity contribution in [2.45, 2.75) is 56.0 Å². The normalized spacial score (nSPS) is 15.0. The minimum Gasteiger partial charge on any atom is -0.478 e. The van der Waals surface area contributed by atoms with Gasteiger partial charge < -0.3 is 10.0 Å². The lowest BCUT2D eigenvalue weighted by atomic mass is 9.94. The fourth-order valence-corrected chi connectivity index (χ4v) is 4.21. The molecule has 3 rings (SSSR count). The molecule has 0 saturated heterocycles. The number of carboxylic acids is 1. The van der Waals surface area contributed by atoms with E-state index in [9.17, 15) is 4.79 Å². The molecule has 0 amide bonds. The monoisotopic (exact) mass is 371 g/mol. The second kappa shape index (κ2) is 8.54. The van der Waals surface area contributed by atoms with E-state index >= 15 is 0 Å². The van der Waals surface area contributed by atoms with Crippen LogP contribution in [0.25, 0.3) is 0 Å². The number of carbonyl (C=O) groups is 1. The van der Waals surface area contributed by atoms with E-state index in [1.54, 1.807) is 30.0 Å². The van der Waals surface area contributed by atoms with Gasteiger partial charge in [0.1, 0.15) is 5.82 Å². The molecule has 2 aromatic rings. The number of nitrogens with zero attached hydrogens (tertiary/aromatic N) is 3. The van der Waals surface area contributed by atoms with Crippen molar-refractivity contribution in [2.75, 3.05) is 11.9 Å². The van der Waals surface area contributed by atoms with Gasteiger partial charge in [0.25, 0.3) is 0 Å². The molecule has 0 radical (unpaired) electrons. The Morgan fingerprint density at radius 2 is 2.00 bits per heavy atom. The Kier molecular flexibility index (Phi) is 6.14. The lowest BCUT2D eigenvalue weighted by molar-refractivity contribution is 0.0697. The molecular weight excluding hydrogens is 346 g/mol. The van der Waals surface area contributed by atoms with Crippen LogP contribution in [-0.2, 0) is 5.75 Å². The van der Waals surface area contributed by atoms with Gasteiger partial charge in [0.05, 0.1) is 5.56 Å². The van der Waals surface area contributed by atoms with E-state index < -0.39 is 5.97 Å². The molecule has 26 heavy (non-hydrogen) atoms. The second-order valence-corrected chi connectivity index (χ2v) is 7.79. The summed E-state index contributed by atoms with van der Waals surface area (Å²) >= 11 is 1.54. The minimum atomic E-state index is -0.903. The smallest absolute Gasteiger partial charge is 0.335 e. The van der Waals surface area contributed by atoms with Gasteiger partial charge in [0.15, 0.2) is 5.16 Å². The number of hydrogen-bond acceptors (Lipinski definition) is 5. The third-order valence-corrected chi connectivity index (χ3v) is 5.76. The van der Waals surface area contributed by atoms with E-state index in [1.165, 1.54) is 32.1 Å². The molecule has 1 aromatic heterocycles. The van der Waals surface area contributed by atoms with E-state index in [2.05, 4.69) is 16.9 Å². The second-order valence-electron chi connectivity index (χ2n) is 6.85. The zero-order valence-electron chi connectivity index (χ0n) is 15.3. The maximum Gasteiger partial charge on any atom is 0.335 e. The first-order valence-electron chi connectivity index (χ1n) is 9.06. The maximum absolute atomic E-state index is 11.1. The lowest BCUT2D eigenvalue weighted by Gasteiger charge is -2.32. The number of anilines is 1. The van der Waals surface area contributed by atoms with Gasteiger partial charge in [0, 0.05) is 30.6 Å². The van der Waals surface area contributed by atoms with Crippen LogP contribution in [0.15, 0.2) is 35.5 Å². The Bertz CT molecular complexity index is 775. The van der Waals surface area contributed by atoms with E-state index in [1.807, 2.05) is 19.1 Å². The van der Waals surface area contributed by atoms with Gasteiger partial charge in [-0.15, -0.1) is 0 Å². The van der Waals surface area contributed by atoms with Crippen molar-refractivity contribution in [1.82, 2.24) is 9.97 Å². The van der Waals surface area contributed by atoms with Crippen molar-refractivity contribution in [3.8, 4) is 0 Å². The number of aryl methyl sites for hydroxylation is 1. The Morgan fingerprint density at radius 1 is 1.23 bits per heavy atom. The Hall–Kier alpha value is -2.08. The molecule has 6 heteroatoms. The molecule has 1 saturated carbocycles. The van der Waals surface area contributed by atoms with E-state index in [0.717, 1.165) is 22.2 Å². The van der Waals surface area contributed by atoms with Crippen LogP contribution in [-0.4, -0.2) is 34.1 Å². The van der Waals surface area contributed by atoms with Crippen LogP contribution < -0.4 is 4.90 Å². The van der Waals surface area contributed by atoms with Crippen LogP contribution in [0.2, 0.25) is 0 Å². The Balaban J connectivity index is 1.71. The van der Waals surface area contributed by atoms with Crippen LogP contribution in [0.1, 0.15) is 53.7 Å². The molecule has 1 aromatic carbocycles. The number of rotatable bonds is 6. The molecule has 0 bridgehead atoms. The molecule has 0 spiro atoms. The number of aromatic nitrogens is 2. The zero-order chi connectivity index (χ0) is 18.5. The third kappa shape index (κ3) is 4.75. The fourth-order valence-electron chi connectivity index (χ4n) is 3.37. The summed E-state index contributed by atoms with van der Waals surface area (Å²) in [5.41, 5.74) is 2.23. The van der Waals surface area contributed by atoms with Crippen molar-refractivity contribution >= 4 is 23.5 Å². The highest BCUT2D eigenvalue weighted by molar-refractivity contribution is 7.98. The van der Waals surface area contributed by atoms with Crippen LogP contribution in [0.3, 0.4) is 0 Å². The highest BCUT2D eigenvalue weighted by atomic mass is 32.2. The number of aromatic carboxylic acids is 1. The van der Waals surface area contributed by atoms with Gasteiger partial charge in [-0.25, -0.2) is 14.8 Å². The molecule has 1 N–H and O–H groups in total. The van der Waals surface area contributed by atoms with E-state index in [0.29, 0.717) is 17.4 Å². The van der Waals surface area contributed by atoms with Crippen molar-refractivity contribution in [3.63, 3.8) is 0 Å². The number of benzene rings is 1. The summed E-state index contributed by atoms with van der Waals surface area (Å²) < 4.78 is 0. The van der Waals surface area contributed by atoms with Gasteiger partial charge in [-0.2, -0.15) is 0 Å². The zero-order valence-corrected chi connectivity index (χ0v) is 16.1. The van der Waals surface area contributed by atoms with E-state index in [4.69, 9.17) is 10.1 Å². The standard InChI is InChI=1S/C20H25N3O2S/c1-14-11-18(23(2)17-9-4-3-5-10-17)22-20(21-14)26-13-15-7-6-8-16(12-15)19(24)25/h6-8,11-12,17H,3-5,9-10,13H2,1-2H3,(H,24,25). The van der Waals surface area contributed by atoms with Gasteiger partial charge in [-0.3, -0.25) is 0 Å². The Morgan fingerprint density at radius 3 is 2.73 bits per heavy atom. The average Bonchev–Trinajstić information content (AvgIpc) is 2.66. The van der Waals surface area contributed by atoms with Gasteiger partial charge in [-0.05, 0) is 37.5 Å². The topological polar surface area (TPSA) is 66.3 Å². The van der Waals surface area contributed by atoms with Crippen LogP contribution >= 0.6 is 11.8 Å². The molecule has 1 aliphatic rings. The summed E-state index contributed by atoms with van der Waals surface area (Å²) in [6.07, 6.45) is 6.37. The summed E-state index contributed by atoms with van der Waals surface area (Å²) in [5.74, 6) is 0.725. The molecule has 0 atom stereocenters. The summed E-state index contributed by atoms with van der Waals surface area (Å²) in [6.45, 7) is 2.00. The number of carboxylic acid groups (broad SMARTS) is 1. The predicted octanol–water partition coefficient (Wildman–Crippen LogP) is 4.54. The highest BCUT2D eigenvalue weighted by Gasteiger charge is 2.20.